The standard InChI is InChI=1S/C13H18N4O2S/c18-20(19,17-9-3-4-10-17)14-7-6-12-11-16-8-2-1-5-13(16)15-12/h1-2,5,8,11,14H,3-4,6-7,9-10H2. The molecule has 1 aliphatic heterocycles. The molecule has 0 amide bonds. The van der Waals surface area contributed by atoms with Gasteiger partial charge in [-0.3, -0.25) is 0 Å². The van der Waals surface area contributed by atoms with E-state index in [0.29, 0.717) is 26.1 Å². The molecule has 108 valence electrons. The monoisotopic (exact) mass is 294 g/mol. The van der Waals surface area contributed by atoms with Crippen LogP contribution in [0.15, 0.2) is 30.6 Å². The summed E-state index contributed by atoms with van der Waals surface area (Å²) in [4.78, 5) is 4.44. The fourth-order valence-electron chi connectivity index (χ4n) is 2.44. The summed E-state index contributed by atoms with van der Waals surface area (Å²) in [7, 11) is -3.31. The molecule has 20 heavy (non-hydrogen) atoms. The van der Waals surface area contributed by atoms with Gasteiger partial charge in [0.25, 0.3) is 10.2 Å². The molecule has 7 heteroatoms. The van der Waals surface area contributed by atoms with Crippen LogP contribution < -0.4 is 4.72 Å². The molecule has 3 heterocycles. The number of aromatic nitrogens is 2. The number of hydrogen-bond donors (Lipinski definition) is 1. The number of fused-ring (bicyclic) bond motifs is 1. The van der Waals surface area contributed by atoms with E-state index in [9.17, 15) is 8.42 Å². The summed E-state index contributed by atoms with van der Waals surface area (Å²) >= 11 is 0. The lowest BCUT2D eigenvalue weighted by Crippen LogP contribution is -2.39. The van der Waals surface area contributed by atoms with Gasteiger partial charge in [-0.15, -0.1) is 0 Å². The summed E-state index contributed by atoms with van der Waals surface area (Å²) in [5, 5.41) is 0. The Kier molecular flexibility index (Phi) is 3.73. The maximum absolute atomic E-state index is 12.0. The summed E-state index contributed by atoms with van der Waals surface area (Å²) in [6.07, 6.45) is 6.36. The SMILES string of the molecule is O=S(=O)(NCCc1cn2ccccc2n1)N1CCCC1. The highest BCUT2D eigenvalue weighted by molar-refractivity contribution is 7.87. The molecule has 0 atom stereocenters. The van der Waals surface area contributed by atoms with Crippen LogP contribution in [0.4, 0.5) is 0 Å². The van der Waals surface area contributed by atoms with Crippen molar-refractivity contribution in [2.24, 2.45) is 0 Å². The highest BCUT2D eigenvalue weighted by atomic mass is 32.2. The Bertz CT molecular complexity index is 656. The number of hydrogen-bond acceptors (Lipinski definition) is 3. The van der Waals surface area contributed by atoms with Crippen molar-refractivity contribution in [3.05, 3.63) is 36.3 Å². The largest absolute Gasteiger partial charge is 0.307 e. The van der Waals surface area contributed by atoms with E-state index in [1.165, 1.54) is 4.31 Å². The molecule has 1 saturated heterocycles. The van der Waals surface area contributed by atoms with Gasteiger partial charge < -0.3 is 4.40 Å². The van der Waals surface area contributed by atoms with Crippen LogP contribution in [-0.2, 0) is 16.6 Å². The molecule has 0 saturated carbocycles. The Morgan fingerprint density at radius 2 is 2.05 bits per heavy atom. The van der Waals surface area contributed by atoms with Crippen molar-refractivity contribution < 1.29 is 8.42 Å². The zero-order valence-corrected chi connectivity index (χ0v) is 12.0. The van der Waals surface area contributed by atoms with Crippen molar-refractivity contribution >= 4 is 15.9 Å². The van der Waals surface area contributed by atoms with E-state index in [1.807, 2.05) is 35.0 Å². The first-order valence-corrected chi connectivity index (χ1v) is 8.26. The minimum absolute atomic E-state index is 0.378. The highest BCUT2D eigenvalue weighted by Crippen LogP contribution is 2.11. The van der Waals surface area contributed by atoms with Gasteiger partial charge in [-0.05, 0) is 25.0 Å². The third-order valence-corrected chi connectivity index (χ3v) is 5.10. The van der Waals surface area contributed by atoms with E-state index in [-0.39, 0.29) is 0 Å². The fraction of sp³-hybridized carbons (Fsp3) is 0.462. The van der Waals surface area contributed by atoms with Crippen LogP contribution in [0.25, 0.3) is 5.65 Å². The van der Waals surface area contributed by atoms with Gasteiger partial charge in [0.1, 0.15) is 5.65 Å². The van der Waals surface area contributed by atoms with Crippen molar-refractivity contribution in [2.45, 2.75) is 19.3 Å². The van der Waals surface area contributed by atoms with Crippen molar-refractivity contribution in [1.82, 2.24) is 18.4 Å². The number of nitrogens with zero attached hydrogens (tertiary/aromatic N) is 3. The predicted molar refractivity (Wildman–Crippen MR) is 76.6 cm³/mol. The van der Waals surface area contributed by atoms with Crippen molar-refractivity contribution in [3.63, 3.8) is 0 Å². The third kappa shape index (κ3) is 2.84. The topological polar surface area (TPSA) is 66.7 Å². The first-order chi connectivity index (χ1) is 9.65. The fourth-order valence-corrected chi connectivity index (χ4v) is 3.72. The maximum Gasteiger partial charge on any atom is 0.279 e. The zero-order chi connectivity index (χ0) is 14.0. The molecule has 0 aliphatic carbocycles. The lowest BCUT2D eigenvalue weighted by atomic mass is 10.3. The summed E-state index contributed by atoms with van der Waals surface area (Å²) in [5.74, 6) is 0. The second-order valence-corrected chi connectivity index (χ2v) is 6.71. The first-order valence-electron chi connectivity index (χ1n) is 6.82. The second-order valence-electron chi connectivity index (χ2n) is 4.95. The van der Waals surface area contributed by atoms with Crippen LogP contribution in [0, 0.1) is 0 Å². The molecule has 0 spiro atoms. The lowest BCUT2D eigenvalue weighted by Gasteiger charge is -2.15. The molecule has 2 aromatic heterocycles. The minimum atomic E-state index is -3.31. The summed E-state index contributed by atoms with van der Waals surface area (Å²) in [6, 6.07) is 5.80. The van der Waals surface area contributed by atoms with E-state index >= 15 is 0 Å². The highest BCUT2D eigenvalue weighted by Gasteiger charge is 2.24. The summed E-state index contributed by atoms with van der Waals surface area (Å²) < 4.78 is 30.1. The van der Waals surface area contributed by atoms with Crippen molar-refractivity contribution in [2.75, 3.05) is 19.6 Å². The van der Waals surface area contributed by atoms with Crippen LogP contribution in [0.3, 0.4) is 0 Å². The van der Waals surface area contributed by atoms with Gasteiger partial charge in [-0.2, -0.15) is 12.7 Å². The molecule has 1 N–H and O–H groups in total. The van der Waals surface area contributed by atoms with Gasteiger partial charge in [-0.1, -0.05) is 6.07 Å². The van der Waals surface area contributed by atoms with E-state index < -0.39 is 10.2 Å². The average molecular weight is 294 g/mol. The van der Waals surface area contributed by atoms with Crippen molar-refractivity contribution in [3.8, 4) is 0 Å². The Hall–Kier alpha value is -1.44. The second kappa shape index (κ2) is 5.51. The van der Waals surface area contributed by atoms with Gasteiger partial charge in [0.15, 0.2) is 0 Å². The quantitative estimate of drug-likeness (QED) is 0.887. The molecule has 0 unspecified atom stereocenters. The lowest BCUT2D eigenvalue weighted by molar-refractivity contribution is 0.465. The third-order valence-electron chi connectivity index (χ3n) is 3.48. The molecule has 0 bridgehead atoms. The Labute approximate surface area is 118 Å². The Morgan fingerprint density at radius 3 is 2.80 bits per heavy atom. The average Bonchev–Trinajstić information content (AvgIpc) is 3.07. The van der Waals surface area contributed by atoms with E-state index in [1.54, 1.807) is 0 Å². The maximum atomic E-state index is 12.0. The summed E-state index contributed by atoms with van der Waals surface area (Å²) in [5.41, 5.74) is 1.77. The molecule has 6 nitrogen and oxygen atoms in total. The van der Waals surface area contributed by atoms with Gasteiger partial charge in [0, 0.05) is 38.4 Å². The normalized spacial score (nSPS) is 17.0. The number of pyridine rings is 1. The Balaban J connectivity index is 1.59. The molecule has 2 aromatic rings. The van der Waals surface area contributed by atoms with Gasteiger partial charge >= 0.3 is 0 Å². The number of imidazole rings is 1. The van der Waals surface area contributed by atoms with Crippen molar-refractivity contribution in [1.29, 1.82) is 0 Å². The minimum Gasteiger partial charge on any atom is -0.307 e. The zero-order valence-electron chi connectivity index (χ0n) is 11.2. The molecular formula is C13H18N4O2S. The molecular weight excluding hydrogens is 276 g/mol. The van der Waals surface area contributed by atoms with Crippen LogP contribution in [0.2, 0.25) is 0 Å². The summed E-state index contributed by atoms with van der Waals surface area (Å²) in [6.45, 7) is 1.64. The number of rotatable bonds is 5. The van der Waals surface area contributed by atoms with Crippen LogP contribution >= 0.6 is 0 Å². The van der Waals surface area contributed by atoms with E-state index in [2.05, 4.69) is 9.71 Å². The molecule has 1 fully saturated rings. The van der Waals surface area contributed by atoms with Gasteiger partial charge in [0.2, 0.25) is 0 Å². The van der Waals surface area contributed by atoms with Gasteiger partial charge in [0.05, 0.1) is 5.69 Å². The van der Waals surface area contributed by atoms with Gasteiger partial charge in [-0.25, -0.2) is 9.71 Å². The Morgan fingerprint density at radius 1 is 1.25 bits per heavy atom. The molecule has 0 aromatic carbocycles. The molecule has 0 radical (unpaired) electrons. The van der Waals surface area contributed by atoms with E-state index in [4.69, 9.17) is 0 Å². The molecule has 3 rings (SSSR count). The smallest absolute Gasteiger partial charge is 0.279 e. The van der Waals surface area contributed by atoms with Crippen LogP contribution in [0.5, 0.6) is 0 Å². The molecule has 1 aliphatic rings. The van der Waals surface area contributed by atoms with Crippen LogP contribution in [0.1, 0.15) is 18.5 Å². The first kappa shape index (κ1) is 13.5. The van der Waals surface area contributed by atoms with E-state index in [0.717, 1.165) is 24.2 Å². The van der Waals surface area contributed by atoms with Crippen LogP contribution in [-0.4, -0.2) is 41.7 Å². The predicted octanol–water partition coefficient (Wildman–Crippen LogP) is 0.807. The number of nitrogens with one attached hydrogen (secondary N) is 1.